The Hall–Kier alpha value is -2.44. The molecule has 1 amide bonds. The van der Waals surface area contributed by atoms with Crippen LogP contribution in [0.2, 0.25) is 0 Å². The number of nitro benzene ring substituents is 1. The van der Waals surface area contributed by atoms with Crippen molar-refractivity contribution in [1.82, 2.24) is 5.32 Å². The summed E-state index contributed by atoms with van der Waals surface area (Å²) in [5, 5.41) is 21.8. The number of hydrogen-bond donors (Lipinski definition) is 2. The Morgan fingerprint density at radius 3 is 2.53 bits per heavy atom. The Kier molecular flexibility index (Phi) is 4.57. The monoisotopic (exact) mass is 266 g/mol. The summed E-state index contributed by atoms with van der Waals surface area (Å²) in [6.07, 6.45) is 0.257. The Balaban J connectivity index is 2.92. The molecule has 0 unspecified atom stereocenters. The molecule has 0 fully saturated rings. The van der Waals surface area contributed by atoms with E-state index in [9.17, 15) is 19.7 Å². The SMILES string of the molecule is CC[C@H](NC(=O)c1ccc([N+](=O)[O-])c(C)c1)C(=O)O. The summed E-state index contributed by atoms with van der Waals surface area (Å²) >= 11 is 0. The van der Waals surface area contributed by atoms with Crippen molar-refractivity contribution >= 4 is 17.6 Å². The second-order valence-electron chi connectivity index (χ2n) is 4.03. The van der Waals surface area contributed by atoms with Gasteiger partial charge in [-0.15, -0.1) is 0 Å². The fourth-order valence-corrected chi connectivity index (χ4v) is 1.58. The zero-order valence-electron chi connectivity index (χ0n) is 10.5. The highest BCUT2D eigenvalue weighted by molar-refractivity contribution is 5.97. The van der Waals surface area contributed by atoms with Gasteiger partial charge in [-0.3, -0.25) is 14.9 Å². The van der Waals surface area contributed by atoms with Gasteiger partial charge in [0.15, 0.2) is 0 Å². The first-order chi connectivity index (χ1) is 8.86. The van der Waals surface area contributed by atoms with E-state index in [0.717, 1.165) is 0 Å². The van der Waals surface area contributed by atoms with Crippen LogP contribution in [0.4, 0.5) is 5.69 Å². The minimum absolute atomic E-state index is 0.0816. The van der Waals surface area contributed by atoms with Gasteiger partial charge in [-0.25, -0.2) is 4.79 Å². The zero-order chi connectivity index (χ0) is 14.6. The van der Waals surface area contributed by atoms with Gasteiger partial charge in [-0.05, 0) is 25.5 Å². The number of benzene rings is 1. The molecule has 7 nitrogen and oxygen atoms in total. The quantitative estimate of drug-likeness (QED) is 0.619. The Morgan fingerprint density at radius 2 is 2.11 bits per heavy atom. The molecule has 0 aliphatic rings. The highest BCUT2D eigenvalue weighted by atomic mass is 16.6. The molecule has 7 heteroatoms. The summed E-state index contributed by atoms with van der Waals surface area (Å²) in [5.74, 6) is -1.68. The summed E-state index contributed by atoms with van der Waals surface area (Å²) in [4.78, 5) is 32.7. The van der Waals surface area contributed by atoms with Crippen molar-refractivity contribution in [1.29, 1.82) is 0 Å². The van der Waals surface area contributed by atoms with Gasteiger partial charge in [0.05, 0.1) is 4.92 Å². The smallest absolute Gasteiger partial charge is 0.326 e. The Bertz CT molecular complexity index is 527. The van der Waals surface area contributed by atoms with E-state index in [1.165, 1.54) is 25.1 Å². The molecule has 0 heterocycles. The van der Waals surface area contributed by atoms with Gasteiger partial charge < -0.3 is 10.4 Å². The molecule has 1 atom stereocenters. The highest BCUT2D eigenvalue weighted by Crippen LogP contribution is 2.18. The molecular weight excluding hydrogens is 252 g/mol. The predicted molar refractivity (Wildman–Crippen MR) is 67.0 cm³/mol. The second-order valence-corrected chi connectivity index (χ2v) is 4.03. The van der Waals surface area contributed by atoms with Gasteiger partial charge in [-0.1, -0.05) is 6.92 Å². The first kappa shape index (κ1) is 14.6. The van der Waals surface area contributed by atoms with E-state index in [1.54, 1.807) is 6.92 Å². The summed E-state index contributed by atoms with van der Waals surface area (Å²) in [6.45, 7) is 3.16. The average molecular weight is 266 g/mol. The number of carboxylic acids is 1. The molecule has 0 aliphatic carbocycles. The summed E-state index contributed by atoms with van der Waals surface area (Å²) in [7, 11) is 0. The zero-order valence-corrected chi connectivity index (χ0v) is 10.5. The van der Waals surface area contributed by atoms with Crippen LogP contribution in [0, 0.1) is 17.0 Å². The number of aryl methyl sites for hydroxylation is 1. The number of carboxylic acid groups (broad SMARTS) is 1. The van der Waals surface area contributed by atoms with Gasteiger partial charge in [0.25, 0.3) is 11.6 Å². The van der Waals surface area contributed by atoms with Crippen LogP contribution < -0.4 is 5.32 Å². The third kappa shape index (κ3) is 3.51. The predicted octanol–water partition coefficient (Wildman–Crippen LogP) is 1.50. The molecule has 0 bridgehead atoms. The third-order valence-corrected chi connectivity index (χ3v) is 2.67. The number of amides is 1. The van der Waals surface area contributed by atoms with Crippen molar-refractivity contribution in [2.75, 3.05) is 0 Å². The molecule has 0 radical (unpaired) electrons. The van der Waals surface area contributed by atoms with Crippen molar-refractivity contribution in [3.8, 4) is 0 Å². The van der Waals surface area contributed by atoms with Crippen LogP contribution >= 0.6 is 0 Å². The number of rotatable bonds is 5. The van der Waals surface area contributed by atoms with Crippen LogP contribution in [0.5, 0.6) is 0 Å². The molecule has 102 valence electrons. The van der Waals surface area contributed by atoms with Gasteiger partial charge in [0, 0.05) is 17.2 Å². The maximum atomic E-state index is 11.8. The number of nitrogens with one attached hydrogen (secondary N) is 1. The fraction of sp³-hybridized carbons (Fsp3) is 0.333. The standard InChI is InChI=1S/C12H14N2O5/c1-3-9(12(16)17)13-11(15)8-4-5-10(14(18)19)7(2)6-8/h4-6,9H,3H2,1-2H3,(H,13,15)(H,16,17)/t9-/m0/s1. The summed E-state index contributed by atoms with van der Waals surface area (Å²) in [5.41, 5.74) is 0.464. The Morgan fingerprint density at radius 1 is 1.47 bits per heavy atom. The highest BCUT2D eigenvalue weighted by Gasteiger charge is 2.20. The van der Waals surface area contributed by atoms with Crippen molar-refractivity contribution in [2.45, 2.75) is 26.3 Å². The first-order valence-corrected chi connectivity index (χ1v) is 5.65. The number of nitrogens with zero attached hydrogens (tertiary/aromatic N) is 1. The van der Waals surface area contributed by atoms with Crippen molar-refractivity contribution < 1.29 is 19.6 Å². The molecule has 1 aromatic rings. The molecule has 0 spiro atoms. The summed E-state index contributed by atoms with van der Waals surface area (Å²) < 4.78 is 0. The lowest BCUT2D eigenvalue weighted by molar-refractivity contribution is -0.385. The summed E-state index contributed by atoms with van der Waals surface area (Å²) in [6, 6.07) is 2.92. The van der Waals surface area contributed by atoms with Crippen molar-refractivity contribution in [2.24, 2.45) is 0 Å². The molecule has 1 aromatic carbocycles. The first-order valence-electron chi connectivity index (χ1n) is 5.65. The van der Waals surface area contributed by atoms with E-state index < -0.39 is 22.8 Å². The maximum absolute atomic E-state index is 11.8. The van der Waals surface area contributed by atoms with Crippen LogP contribution in [-0.4, -0.2) is 27.9 Å². The van der Waals surface area contributed by atoms with Crippen LogP contribution in [0.25, 0.3) is 0 Å². The van der Waals surface area contributed by atoms with Gasteiger partial charge >= 0.3 is 5.97 Å². The van der Waals surface area contributed by atoms with Gasteiger partial charge in [0.1, 0.15) is 6.04 Å². The molecule has 0 aromatic heterocycles. The number of nitro groups is 1. The van der Waals surface area contributed by atoms with E-state index in [-0.39, 0.29) is 17.7 Å². The number of carbonyl (C=O) groups excluding carboxylic acids is 1. The minimum Gasteiger partial charge on any atom is -0.480 e. The molecule has 19 heavy (non-hydrogen) atoms. The van der Waals surface area contributed by atoms with E-state index in [0.29, 0.717) is 5.56 Å². The van der Waals surface area contributed by atoms with E-state index in [1.807, 2.05) is 0 Å². The molecule has 0 aliphatic heterocycles. The van der Waals surface area contributed by atoms with Gasteiger partial charge in [-0.2, -0.15) is 0 Å². The van der Waals surface area contributed by atoms with E-state index in [2.05, 4.69) is 5.32 Å². The molecular formula is C12H14N2O5. The lowest BCUT2D eigenvalue weighted by Crippen LogP contribution is -2.40. The normalized spacial score (nSPS) is 11.7. The lowest BCUT2D eigenvalue weighted by Gasteiger charge is -2.12. The molecule has 1 rings (SSSR count). The largest absolute Gasteiger partial charge is 0.480 e. The number of aliphatic carboxylic acids is 1. The Labute approximate surface area is 109 Å². The molecule has 0 saturated carbocycles. The van der Waals surface area contributed by atoms with E-state index >= 15 is 0 Å². The van der Waals surface area contributed by atoms with Gasteiger partial charge in [0.2, 0.25) is 0 Å². The van der Waals surface area contributed by atoms with Crippen LogP contribution in [0.15, 0.2) is 18.2 Å². The van der Waals surface area contributed by atoms with Crippen molar-refractivity contribution in [3.05, 3.63) is 39.4 Å². The number of carbonyl (C=O) groups is 2. The second kappa shape index (κ2) is 5.94. The topological polar surface area (TPSA) is 110 Å². The molecule has 2 N–H and O–H groups in total. The van der Waals surface area contributed by atoms with E-state index in [4.69, 9.17) is 5.11 Å². The van der Waals surface area contributed by atoms with Crippen LogP contribution in [-0.2, 0) is 4.79 Å². The minimum atomic E-state index is -1.12. The average Bonchev–Trinajstić information content (AvgIpc) is 2.34. The maximum Gasteiger partial charge on any atom is 0.326 e. The fourth-order valence-electron chi connectivity index (χ4n) is 1.58. The van der Waals surface area contributed by atoms with Crippen LogP contribution in [0.1, 0.15) is 29.3 Å². The molecule has 0 saturated heterocycles. The lowest BCUT2D eigenvalue weighted by atomic mass is 10.1. The third-order valence-electron chi connectivity index (χ3n) is 2.67. The number of hydrogen-bond acceptors (Lipinski definition) is 4. The van der Waals surface area contributed by atoms with Crippen LogP contribution in [0.3, 0.4) is 0 Å². The van der Waals surface area contributed by atoms with Crippen molar-refractivity contribution in [3.63, 3.8) is 0 Å².